The van der Waals surface area contributed by atoms with Crippen molar-refractivity contribution in [3.63, 3.8) is 0 Å². The van der Waals surface area contributed by atoms with Crippen molar-refractivity contribution in [2.75, 3.05) is 6.26 Å². The highest BCUT2D eigenvalue weighted by atomic mass is 32.1. The van der Waals surface area contributed by atoms with Crippen molar-refractivity contribution in [3.05, 3.63) is 0 Å². The van der Waals surface area contributed by atoms with Crippen LogP contribution in [0, 0.1) is 11.5 Å². The molecule has 0 saturated heterocycles. The zero-order chi connectivity index (χ0) is 6.99. The van der Waals surface area contributed by atoms with Gasteiger partial charge in [0, 0.05) is 0 Å². The molecule has 3 nitrogen and oxygen atoms in total. The lowest BCUT2D eigenvalue weighted by atomic mass is 11.1. The molecule has 8 heavy (non-hydrogen) atoms. The Morgan fingerprint density at radius 2 is 2.25 bits per heavy atom. The van der Waals surface area contributed by atoms with E-state index in [-0.39, 0.29) is 5.11 Å². The average Bonchev–Trinajstić information content (AvgIpc) is 1.72. The molecule has 3 N–H and O–H groups in total. The van der Waals surface area contributed by atoms with Gasteiger partial charge in [0.05, 0.1) is 0 Å². The topological polar surface area (TPSA) is 61.8 Å². The molecule has 5 heteroatoms. The van der Waals surface area contributed by atoms with Gasteiger partial charge in [-0.3, -0.25) is 5.32 Å². The fraction of sp³-hybridized carbons (Fsp3) is 0.333. The van der Waals surface area contributed by atoms with E-state index in [0.717, 1.165) is 0 Å². The van der Waals surface area contributed by atoms with Crippen LogP contribution in [-0.4, -0.2) is 11.4 Å². The summed E-state index contributed by atoms with van der Waals surface area (Å²) in [5, 5.41) is 9.74. The minimum atomic E-state index is 0.0116. The zero-order valence-electron chi connectivity index (χ0n) is 4.38. The Kier molecular flexibility index (Phi) is 12.8. The van der Waals surface area contributed by atoms with E-state index in [1.807, 2.05) is 5.32 Å². The number of thiol groups is 1. The van der Waals surface area contributed by atoms with Crippen molar-refractivity contribution in [1.29, 1.82) is 5.26 Å². The van der Waals surface area contributed by atoms with Gasteiger partial charge >= 0.3 is 0 Å². The minimum Gasteiger partial charge on any atom is -0.376 e. The molecule has 0 bridgehead atoms. The number of nitrogens with one attached hydrogen (secondary N) is 1. The van der Waals surface area contributed by atoms with Crippen LogP contribution in [0.5, 0.6) is 0 Å². The third-order valence-electron chi connectivity index (χ3n) is 0.179. The van der Waals surface area contributed by atoms with Crippen molar-refractivity contribution < 1.29 is 0 Å². The van der Waals surface area contributed by atoms with Crippen LogP contribution in [0.1, 0.15) is 0 Å². The predicted octanol–water partition coefficient (Wildman–Crippen LogP) is -0.153. The molecule has 46 valence electrons. The Morgan fingerprint density at radius 1 is 1.88 bits per heavy atom. The molecule has 0 unspecified atom stereocenters. The van der Waals surface area contributed by atoms with E-state index in [4.69, 9.17) is 11.0 Å². The summed E-state index contributed by atoms with van der Waals surface area (Å²) >= 11 is 7.77. The molecule has 0 aromatic rings. The van der Waals surface area contributed by atoms with Gasteiger partial charge in [-0.15, -0.1) is 0 Å². The second kappa shape index (κ2) is 9.73. The summed E-state index contributed by atoms with van der Waals surface area (Å²) in [5.41, 5.74) is 4.80. The fourth-order valence-corrected chi connectivity index (χ4v) is 0.101. The molecule has 0 fully saturated rings. The van der Waals surface area contributed by atoms with Crippen molar-refractivity contribution >= 4 is 30.0 Å². The summed E-state index contributed by atoms with van der Waals surface area (Å²) in [4.78, 5) is 0. The Balaban J connectivity index is 0. The molecule has 0 rings (SSSR count). The first kappa shape index (κ1) is 10.5. The van der Waals surface area contributed by atoms with Crippen LogP contribution in [0.4, 0.5) is 0 Å². The van der Waals surface area contributed by atoms with Gasteiger partial charge in [0.15, 0.2) is 11.3 Å². The fourth-order valence-electron chi connectivity index (χ4n) is 0.0551. The lowest BCUT2D eigenvalue weighted by molar-refractivity contribution is 1.27. The summed E-state index contributed by atoms with van der Waals surface area (Å²) in [6.07, 6.45) is 3.25. The SMILES string of the molecule is CS.N#CNC(N)=S. The highest BCUT2D eigenvalue weighted by Crippen LogP contribution is 1.47. The maximum absolute atomic E-state index is 7.71. The Morgan fingerprint density at radius 3 is 2.25 bits per heavy atom. The van der Waals surface area contributed by atoms with E-state index >= 15 is 0 Å². The number of thiocarbonyl (C=S) groups is 1. The van der Waals surface area contributed by atoms with Crippen molar-refractivity contribution in [1.82, 2.24) is 5.32 Å². The van der Waals surface area contributed by atoms with Crippen LogP contribution in [-0.2, 0) is 0 Å². The normalized spacial score (nSPS) is 5.12. The minimum absolute atomic E-state index is 0.0116. The Hall–Kier alpha value is -0.470. The predicted molar refractivity (Wildman–Crippen MR) is 40.4 cm³/mol. The van der Waals surface area contributed by atoms with Gasteiger partial charge in [-0.2, -0.15) is 17.9 Å². The molecular weight excluding hydrogens is 142 g/mol. The van der Waals surface area contributed by atoms with Crippen LogP contribution in [0.3, 0.4) is 0 Å². The molecule has 0 amide bonds. The van der Waals surface area contributed by atoms with Gasteiger partial charge in [0.2, 0.25) is 0 Å². The van der Waals surface area contributed by atoms with Crippen LogP contribution in [0.2, 0.25) is 0 Å². The quantitative estimate of drug-likeness (QED) is 0.194. The number of nitrogens with zero attached hydrogens (tertiary/aromatic N) is 1. The lowest BCUT2D eigenvalue weighted by Gasteiger charge is -1.81. The summed E-state index contributed by atoms with van der Waals surface area (Å²) in [6, 6.07) is 0. The number of rotatable bonds is 0. The van der Waals surface area contributed by atoms with Gasteiger partial charge in [-0.05, 0) is 18.5 Å². The molecule has 0 aromatic carbocycles. The van der Waals surface area contributed by atoms with E-state index in [9.17, 15) is 0 Å². The van der Waals surface area contributed by atoms with Gasteiger partial charge in [-0.25, -0.2) is 0 Å². The summed E-state index contributed by atoms with van der Waals surface area (Å²) in [5.74, 6) is 0. The Bertz CT molecular complexity index is 95.2. The molecule has 0 heterocycles. The molecular formula is C3H7N3S2. The monoisotopic (exact) mass is 149 g/mol. The first-order valence-electron chi connectivity index (χ1n) is 1.66. The van der Waals surface area contributed by atoms with Gasteiger partial charge in [0.1, 0.15) is 0 Å². The number of nitriles is 1. The lowest BCUT2D eigenvalue weighted by Crippen LogP contribution is -2.23. The molecule has 0 aromatic heterocycles. The van der Waals surface area contributed by atoms with Crippen molar-refractivity contribution in [2.45, 2.75) is 0 Å². The van der Waals surface area contributed by atoms with Crippen LogP contribution in [0.15, 0.2) is 0 Å². The first-order valence-corrected chi connectivity index (χ1v) is 2.97. The highest BCUT2D eigenvalue weighted by molar-refractivity contribution is 7.80. The molecule has 0 aliphatic rings. The van der Waals surface area contributed by atoms with Crippen molar-refractivity contribution in [3.8, 4) is 6.19 Å². The molecule has 0 spiro atoms. The summed E-state index contributed by atoms with van der Waals surface area (Å²) in [7, 11) is 0. The third kappa shape index (κ3) is 17.7. The zero-order valence-corrected chi connectivity index (χ0v) is 6.09. The first-order chi connectivity index (χ1) is 3.77. The molecule has 0 radical (unpaired) electrons. The van der Waals surface area contributed by atoms with Crippen molar-refractivity contribution in [2.24, 2.45) is 5.73 Å². The van der Waals surface area contributed by atoms with E-state index in [1.54, 1.807) is 12.4 Å². The number of nitrogens with two attached hydrogens (primary N) is 1. The maximum atomic E-state index is 7.71. The maximum Gasteiger partial charge on any atom is 0.183 e. The summed E-state index contributed by atoms with van der Waals surface area (Å²) in [6.45, 7) is 0. The molecule has 0 aliphatic heterocycles. The van der Waals surface area contributed by atoms with Gasteiger partial charge < -0.3 is 5.73 Å². The van der Waals surface area contributed by atoms with Crippen LogP contribution in [0.25, 0.3) is 0 Å². The van der Waals surface area contributed by atoms with E-state index in [0.29, 0.717) is 0 Å². The van der Waals surface area contributed by atoms with Gasteiger partial charge in [0.25, 0.3) is 0 Å². The van der Waals surface area contributed by atoms with Gasteiger partial charge in [-0.1, -0.05) is 0 Å². The molecule has 0 saturated carbocycles. The van der Waals surface area contributed by atoms with Crippen LogP contribution >= 0.6 is 24.8 Å². The standard InChI is InChI=1S/C2H3N3S.CH4S/c3-1-5-2(4)6;1-2/h(H3,4,5,6);2H,1H3. The number of hydrogen-bond acceptors (Lipinski definition) is 3. The van der Waals surface area contributed by atoms with Crippen LogP contribution < -0.4 is 11.1 Å². The summed E-state index contributed by atoms with van der Waals surface area (Å²) < 4.78 is 0. The largest absolute Gasteiger partial charge is 0.376 e. The molecule has 0 atom stereocenters. The third-order valence-corrected chi connectivity index (χ3v) is 0.281. The van der Waals surface area contributed by atoms with E-state index in [1.165, 1.54) is 0 Å². The average molecular weight is 149 g/mol. The van der Waals surface area contributed by atoms with E-state index < -0.39 is 0 Å². The highest BCUT2D eigenvalue weighted by Gasteiger charge is 1.73. The second-order valence-corrected chi connectivity index (χ2v) is 1.04. The number of hydrogen-bond donors (Lipinski definition) is 3. The molecule has 0 aliphatic carbocycles. The smallest absolute Gasteiger partial charge is 0.183 e. The Labute approximate surface area is 59.3 Å². The second-order valence-electron chi connectivity index (χ2n) is 0.601. The van der Waals surface area contributed by atoms with E-state index in [2.05, 4.69) is 24.8 Å².